The first-order chi connectivity index (χ1) is 10.1. The Morgan fingerprint density at radius 3 is 2.52 bits per heavy atom. The number of rotatable bonds is 3. The first-order valence-corrected chi connectivity index (χ1v) is 6.72. The summed E-state index contributed by atoms with van der Waals surface area (Å²) in [6.07, 6.45) is 1.40. The smallest absolute Gasteiger partial charge is 0.148 e. The predicted octanol–water partition coefficient (Wildman–Crippen LogP) is 1.28. The molecule has 0 saturated heterocycles. The van der Waals surface area contributed by atoms with E-state index >= 15 is 0 Å². The zero-order valence-electron chi connectivity index (χ0n) is 11.2. The third kappa shape index (κ3) is 2.17. The number of aromatic nitrogens is 3. The standard InChI is InChI=1S/C14H14N6S/c15-11-9-10(13(17)21)12(16)20(14(9)19-7-18-11)6-8-4-2-1-3-5-8/h1-5,7H,6,16H2,(H2,17,21)(H2,15,18,19). The Kier molecular flexibility index (Phi) is 3.19. The maximum atomic E-state index is 6.21. The van der Waals surface area contributed by atoms with Crippen LogP contribution in [-0.4, -0.2) is 19.5 Å². The molecule has 0 amide bonds. The molecule has 0 radical (unpaired) electrons. The quantitative estimate of drug-likeness (QED) is 0.628. The number of hydrogen-bond acceptors (Lipinski definition) is 5. The maximum absolute atomic E-state index is 6.21. The summed E-state index contributed by atoms with van der Waals surface area (Å²) in [4.78, 5) is 8.46. The Morgan fingerprint density at radius 2 is 1.86 bits per heavy atom. The molecule has 3 aromatic rings. The van der Waals surface area contributed by atoms with Crippen LogP contribution < -0.4 is 17.2 Å². The summed E-state index contributed by atoms with van der Waals surface area (Å²) >= 11 is 5.09. The monoisotopic (exact) mass is 298 g/mol. The molecule has 7 heteroatoms. The highest BCUT2D eigenvalue weighted by Crippen LogP contribution is 2.30. The van der Waals surface area contributed by atoms with Crippen molar-refractivity contribution in [2.45, 2.75) is 6.54 Å². The topological polar surface area (TPSA) is 109 Å². The van der Waals surface area contributed by atoms with Gasteiger partial charge in [0.15, 0.2) is 0 Å². The Hall–Kier alpha value is -2.67. The molecule has 21 heavy (non-hydrogen) atoms. The first kappa shape index (κ1) is 13.3. The van der Waals surface area contributed by atoms with E-state index < -0.39 is 0 Å². The Labute approximate surface area is 126 Å². The first-order valence-electron chi connectivity index (χ1n) is 6.31. The molecule has 0 aliphatic heterocycles. The predicted molar refractivity (Wildman–Crippen MR) is 87.8 cm³/mol. The van der Waals surface area contributed by atoms with E-state index in [1.54, 1.807) is 0 Å². The van der Waals surface area contributed by atoms with Gasteiger partial charge in [-0.15, -0.1) is 0 Å². The van der Waals surface area contributed by atoms with Crippen LogP contribution in [0.15, 0.2) is 36.7 Å². The second-order valence-electron chi connectivity index (χ2n) is 4.65. The SMILES string of the molecule is NC(=S)c1c(N)n(Cc2ccccc2)c2ncnc(N)c12. The van der Waals surface area contributed by atoms with Crippen LogP contribution in [0.2, 0.25) is 0 Å². The fourth-order valence-electron chi connectivity index (χ4n) is 2.39. The number of benzene rings is 1. The van der Waals surface area contributed by atoms with Crippen LogP contribution >= 0.6 is 12.2 Å². The number of fused-ring (bicyclic) bond motifs is 1. The van der Waals surface area contributed by atoms with Crippen LogP contribution in [0.3, 0.4) is 0 Å². The number of nitrogens with two attached hydrogens (primary N) is 3. The van der Waals surface area contributed by atoms with Crippen molar-refractivity contribution >= 4 is 39.9 Å². The van der Waals surface area contributed by atoms with E-state index in [1.165, 1.54) is 6.33 Å². The van der Waals surface area contributed by atoms with Crippen LogP contribution in [0.5, 0.6) is 0 Å². The van der Waals surface area contributed by atoms with Crippen molar-refractivity contribution in [2.24, 2.45) is 5.73 Å². The van der Waals surface area contributed by atoms with Crippen molar-refractivity contribution in [3.63, 3.8) is 0 Å². The normalized spacial score (nSPS) is 10.9. The van der Waals surface area contributed by atoms with Gasteiger partial charge in [0.1, 0.15) is 28.6 Å². The molecule has 0 saturated carbocycles. The minimum Gasteiger partial charge on any atom is -0.389 e. The molecule has 6 N–H and O–H groups in total. The largest absolute Gasteiger partial charge is 0.389 e. The zero-order valence-corrected chi connectivity index (χ0v) is 12.0. The van der Waals surface area contributed by atoms with Gasteiger partial charge in [-0.25, -0.2) is 9.97 Å². The molecular formula is C14H14N6S. The minimum absolute atomic E-state index is 0.186. The van der Waals surface area contributed by atoms with E-state index in [0.29, 0.717) is 34.8 Å². The van der Waals surface area contributed by atoms with Gasteiger partial charge in [-0.3, -0.25) is 0 Å². The van der Waals surface area contributed by atoms with Crippen molar-refractivity contribution in [1.82, 2.24) is 14.5 Å². The molecule has 0 atom stereocenters. The molecule has 2 heterocycles. The van der Waals surface area contributed by atoms with Gasteiger partial charge in [0.05, 0.1) is 17.5 Å². The van der Waals surface area contributed by atoms with Crippen LogP contribution in [0.25, 0.3) is 11.0 Å². The molecule has 3 rings (SSSR count). The number of thiocarbonyl (C=S) groups is 1. The van der Waals surface area contributed by atoms with Crippen molar-refractivity contribution in [2.75, 3.05) is 11.5 Å². The van der Waals surface area contributed by atoms with Crippen molar-refractivity contribution in [3.8, 4) is 0 Å². The number of hydrogen-bond donors (Lipinski definition) is 3. The third-order valence-electron chi connectivity index (χ3n) is 3.34. The highest BCUT2D eigenvalue weighted by Gasteiger charge is 2.20. The molecule has 106 valence electrons. The summed E-state index contributed by atoms with van der Waals surface area (Å²) in [7, 11) is 0. The van der Waals surface area contributed by atoms with E-state index in [1.807, 2.05) is 34.9 Å². The van der Waals surface area contributed by atoms with E-state index in [-0.39, 0.29) is 4.99 Å². The minimum atomic E-state index is 0.186. The Morgan fingerprint density at radius 1 is 1.14 bits per heavy atom. The van der Waals surface area contributed by atoms with Crippen LogP contribution in [0, 0.1) is 0 Å². The lowest BCUT2D eigenvalue weighted by atomic mass is 10.2. The molecule has 0 fully saturated rings. The van der Waals surface area contributed by atoms with Gasteiger partial charge in [0, 0.05) is 0 Å². The number of nitrogen functional groups attached to an aromatic ring is 2. The summed E-state index contributed by atoms with van der Waals surface area (Å²) in [5.74, 6) is 0.773. The van der Waals surface area contributed by atoms with E-state index in [9.17, 15) is 0 Å². The molecule has 0 bridgehead atoms. The molecule has 2 aromatic heterocycles. The Bertz CT molecular complexity index is 824. The van der Waals surface area contributed by atoms with Gasteiger partial charge < -0.3 is 21.8 Å². The zero-order chi connectivity index (χ0) is 15.0. The van der Waals surface area contributed by atoms with Crippen molar-refractivity contribution in [1.29, 1.82) is 0 Å². The average Bonchev–Trinajstić information content (AvgIpc) is 2.75. The second kappa shape index (κ2) is 5.02. The maximum Gasteiger partial charge on any atom is 0.148 e. The van der Waals surface area contributed by atoms with Crippen molar-refractivity contribution < 1.29 is 0 Å². The molecule has 1 aromatic carbocycles. The average molecular weight is 298 g/mol. The van der Waals surface area contributed by atoms with Crippen LogP contribution in [0.1, 0.15) is 11.1 Å². The highest BCUT2D eigenvalue weighted by atomic mass is 32.1. The van der Waals surface area contributed by atoms with Gasteiger partial charge in [0.2, 0.25) is 0 Å². The van der Waals surface area contributed by atoms with Crippen LogP contribution in [-0.2, 0) is 6.54 Å². The molecule has 6 nitrogen and oxygen atoms in total. The summed E-state index contributed by atoms with van der Waals surface area (Å²) in [5.41, 5.74) is 20.2. The third-order valence-corrected chi connectivity index (χ3v) is 3.54. The van der Waals surface area contributed by atoms with Crippen LogP contribution in [0.4, 0.5) is 11.6 Å². The summed E-state index contributed by atoms with van der Waals surface area (Å²) < 4.78 is 1.84. The van der Waals surface area contributed by atoms with Gasteiger partial charge in [-0.05, 0) is 5.56 Å². The lowest BCUT2D eigenvalue weighted by Gasteiger charge is -2.07. The summed E-state index contributed by atoms with van der Waals surface area (Å²) in [5, 5.41) is 0.610. The number of anilines is 2. The van der Waals surface area contributed by atoms with E-state index in [4.69, 9.17) is 29.4 Å². The molecule has 0 aliphatic rings. The number of nitrogens with zero attached hydrogens (tertiary/aromatic N) is 3. The molecule has 0 spiro atoms. The van der Waals surface area contributed by atoms with Gasteiger partial charge in [0.25, 0.3) is 0 Å². The Balaban J connectivity index is 2.26. The second-order valence-corrected chi connectivity index (χ2v) is 5.09. The summed E-state index contributed by atoms with van der Waals surface area (Å²) in [6, 6.07) is 9.91. The van der Waals surface area contributed by atoms with Gasteiger partial charge in [-0.2, -0.15) is 0 Å². The van der Waals surface area contributed by atoms with E-state index in [0.717, 1.165) is 5.56 Å². The van der Waals surface area contributed by atoms with Crippen molar-refractivity contribution in [3.05, 3.63) is 47.8 Å². The summed E-state index contributed by atoms with van der Waals surface area (Å²) in [6.45, 7) is 0.558. The fourth-order valence-corrected chi connectivity index (χ4v) is 2.59. The van der Waals surface area contributed by atoms with Gasteiger partial charge in [-0.1, -0.05) is 42.5 Å². The van der Waals surface area contributed by atoms with E-state index in [2.05, 4.69) is 9.97 Å². The lowest BCUT2D eigenvalue weighted by molar-refractivity contribution is 0.834. The lowest BCUT2D eigenvalue weighted by Crippen LogP contribution is -2.13. The molecule has 0 aliphatic carbocycles. The fraction of sp³-hybridized carbons (Fsp3) is 0.0714. The molecular weight excluding hydrogens is 284 g/mol. The highest BCUT2D eigenvalue weighted by molar-refractivity contribution is 7.80. The van der Waals surface area contributed by atoms with Gasteiger partial charge >= 0.3 is 0 Å². The molecule has 0 unspecified atom stereocenters.